The Bertz CT molecular complexity index is 886. The fourth-order valence-corrected chi connectivity index (χ4v) is 3.32. The van der Waals surface area contributed by atoms with Gasteiger partial charge in [0.05, 0.1) is 24.5 Å². The fraction of sp³-hybridized carbons (Fsp3) is 0.316. The molecule has 25 heavy (non-hydrogen) atoms. The molecule has 0 unspecified atom stereocenters. The zero-order valence-corrected chi connectivity index (χ0v) is 14.1. The van der Waals surface area contributed by atoms with Gasteiger partial charge < -0.3 is 14.6 Å². The minimum absolute atomic E-state index is 0.0590. The number of methoxy groups -OCH3 is 1. The Labute approximate surface area is 145 Å². The normalized spacial score (nSPS) is 19.4. The third kappa shape index (κ3) is 3.33. The molecule has 0 radical (unpaired) electrons. The molecule has 1 aromatic carbocycles. The first-order chi connectivity index (χ1) is 12.2. The number of rotatable bonds is 5. The minimum atomic E-state index is -0.0590. The van der Waals surface area contributed by atoms with Gasteiger partial charge in [-0.2, -0.15) is 0 Å². The second-order valence-corrected chi connectivity index (χ2v) is 6.55. The van der Waals surface area contributed by atoms with Crippen molar-refractivity contribution >= 4 is 16.8 Å². The lowest BCUT2D eigenvalue weighted by Crippen LogP contribution is -2.45. The summed E-state index contributed by atoms with van der Waals surface area (Å²) in [7, 11) is 1.63. The van der Waals surface area contributed by atoms with Crippen molar-refractivity contribution in [3.63, 3.8) is 0 Å². The van der Waals surface area contributed by atoms with Crippen molar-refractivity contribution in [1.29, 1.82) is 0 Å². The molecule has 1 aliphatic rings. The van der Waals surface area contributed by atoms with E-state index in [9.17, 15) is 4.79 Å². The number of carbonyl (C=O) groups excluding carboxylic acids is 1. The quantitative estimate of drug-likeness (QED) is 0.778. The summed E-state index contributed by atoms with van der Waals surface area (Å²) in [6.07, 6.45) is 9.23. The lowest BCUT2D eigenvalue weighted by Gasteiger charge is -2.36. The smallest absolute Gasteiger partial charge is 0.253 e. The summed E-state index contributed by atoms with van der Waals surface area (Å²) in [5, 5.41) is 4.03. The Kier molecular flexibility index (Phi) is 4.09. The van der Waals surface area contributed by atoms with Crippen LogP contribution in [0.1, 0.15) is 23.2 Å². The average molecular weight is 336 g/mol. The van der Waals surface area contributed by atoms with Crippen molar-refractivity contribution in [2.45, 2.75) is 25.4 Å². The number of hydrogen-bond acceptors (Lipinski definition) is 4. The summed E-state index contributed by atoms with van der Waals surface area (Å²) in [4.78, 5) is 20.9. The summed E-state index contributed by atoms with van der Waals surface area (Å²) >= 11 is 0. The monoisotopic (exact) mass is 336 g/mol. The molecule has 1 N–H and O–H groups in total. The summed E-state index contributed by atoms with van der Waals surface area (Å²) in [6, 6.07) is 7.77. The molecule has 0 bridgehead atoms. The molecule has 4 rings (SSSR count). The lowest BCUT2D eigenvalue weighted by atomic mass is 9.80. The maximum atomic E-state index is 12.4. The largest absolute Gasteiger partial charge is 0.497 e. The number of aromatic nitrogens is 3. The van der Waals surface area contributed by atoms with Crippen LogP contribution in [0.2, 0.25) is 0 Å². The summed E-state index contributed by atoms with van der Waals surface area (Å²) in [5.74, 6) is 1.30. The highest BCUT2D eigenvalue weighted by Crippen LogP contribution is 2.29. The van der Waals surface area contributed by atoms with E-state index in [0.29, 0.717) is 11.5 Å². The number of pyridine rings is 1. The van der Waals surface area contributed by atoms with Crippen molar-refractivity contribution in [2.24, 2.45) is 5.92 Å². The molecular formula is C19H20N4O2. The number of carbonyl (C=O) groups is 1. The zero-order valence-electron chi connectivity index (χ0n) is 14.1. The van der Waals surface area contributed by atoms with Gasteiger partial charge in [-0.15, -0.1) is 0 Å². The van der Waals surface area contributed by atoms with Crippen LogP contribution in [0, 0.1) is 5.92 Å². The second-order valence-electron chi connectivity index (χ2n) is 6.55. The van der Waals surface area contributed by atoms with Gasteiger partial charge >= 0.3 is 0 Å². The van der Waals surface area contributed by atoms with Gasteiger partial charge in [0.2, 0.25) is 0 Å². The van der Waals surface area contributed by atoms with Crippen molar-refractivity contribution in [2.75, 3.05) is 7.11 Å². The molecule has 6 nitrogen and oxygen atoms in total. The van der Waals surface area contributed by atoms with Crippen LogP contribution in [0.25, 0.3) is 10.9 Å². The van der Waals surface area contributed by atoms with Crippen LogP contribution in [0.3, 0.4) is 0 Å². The van der Waals surface area contributed by atoms with Crippen LogP contribution >= 0.6 is 0 Å². The molecule has 3 aromatic rings. The number of imidazole rings is 1. The Hall–Kier alpha value is -2.89. The van der Waals surface area contributed by atoms with Gasteiger partial charge in [0.15, 0.2) is 0 Å². The molecule has 1 saturated carbocycles. The van der Waals surface area contributed by atoms with Gasteiger partial charge in [0, 0.05) is 42.6 Å². The molecule has 2 heterocycles. The number of hydrogen-bond donors (Lipinski definition) is 1. The topological polar surface area (TPSA) is 69.0 Å². The molecule has 2 aromatic heterocycles. The van der Waals surface area contributed by atoms with Crippen LogP contribution in [0.5, 0.6) is 5.75 Å². The van der Waals surface area contributed by atoms with Crippen LogP contribution in [-0.4, -0.2) is 33.6 Å². The standard InChI is InChI=1S/C19H20N4O2/c1-25-17-3-2-14-8-15(10-21-18(14)9-17)19(24)22-16-6-13(7-16)11-23-5-4-20-12-23/h2-5,8-10,12-13,16H,6-7,11H2,1H3,(H,22,24). The van der Waals surface area contributed by atoms with Gasteiger partial charge in [-0.1, -0.05) is 0 Å². The number of fused-ring (bicyclic) bond motifs is 1. The zero-order chi connectivity index (χ0) is 17.2. The second kappa shape index (κ2) is 6.55. The van der Waals surface area contributed by atoms with Crippen LogP contribution in [0.15, 0.2) is 49.2 Å². The predicted octanol–water partition coefficient (Wildman–Crippen LogP) is 2.65. The van der Waals surface area contributed by atoms with E-state index in [2.05, 4.69) is 19.9 Å². The molecule has 0 spiro atoms. The van der Waals surface area contributed by atoms with E-state index in [1.807, 2.05) is 36.8 Å². The highest BCUT2D eigenvalue weighted by atomic mass is 16.5. The molecule has 0 aliphatic heterocycles. The number of nitrogens with one attached hydrogen (secondary N) is 1. The molecule has 1 fully saturated rings. The highest BCUT2D eigenvalue weighted by Gasteiger charge is 2.30. The van der Waals surface area contributed by atoms with E-state index < -0.39 is 0 Å². The van der Waals surface area contributed by atoms with E-state index >= 15 is 0 Å². The molecular weight excluding hydrogens is 316 g/mol. The van der Waals surface area contributed by atoms with Gasteiger partial charge in [-0.05, 0) is 37.0 Å². The van der Waals surface area contributed by atoms with Crippen LogP contribution in [0.4, 0.5) is 0 Å². The van der Waals surface area contributed by atoms with E-state index in [-0.39, 0.29) is 11.9 Å². The van der Waals surface area contributed by atoms with Crippen molar-refractivity contribution < 1.29 is 9.53 Å². The SMILES string of the molecule is COc1ccc2cc(C(=O)NC3CC(Cn4ccnc4)C3)cnc2c1. The van der Waals surface area contributed by atoms with Crippen molar-refractivity contribution in [1.82, 2.24) is 19.9 Å². The average Bonchev–Trinajstić information content (AvgIpc) is 3.12. The number of benzene rings is 1. The van der Waals surface area contributed by atoms with E-state index in [4.69, 9.17) is 4.74 Å². The first kappa shape index (κ1) is 15.6. The van der Waals surface area contributed by atoms with Gasteiger partial charge in [-0.3, -0.25) is 9.78 Å². The highest BCUT2D eigenvalue weighted by molar-refractivity contribution is 5.97. The van der Waals surface area contributed by atoms with Crippen molar-refractivity contribution in [3.05, 3.63) is 54.7 Å². The summed E-state index contributed by atoms with van der Waals surface area (Å²) in [5.41, 5.74) is 1.41. The van der Waals surface area contributed by atoms with E-state index in [1.165, 1.54) is 0 Å². The Morgan fingerprint density at radius 1 is 1.36 bits per heavy atom. The fourth-order valence-electron chi connectivity index (χ4n) is 3.32. The Morgan fingerprint density at radius 3 is 3.00 bits per heavy atom. The van der Waals surface area contributed by atoms with Gasteiger partial charge in [0.25, 0.3) is 5.91 Å². The molecule has 0 saturated heterocycles. The molecule has 1 aliphatic carbocycles. The lowest BCUT2D eigenvalue weighted by molar-refractivity contribution is 0.0881. The third-order valence-electron chi connectivity index (χ3n) is 4.75. The van der Waals surface area contributed by atoms with E-state index in [0.717, 1.165) is 36.0 Å². The maximum absolute atomic E-state index is 12.4. The molecule has 0 atom stereocenters. The first-order valence-corrected chi connectivity index (χ1v) is 8.41. The molecule has 6 heteroatoms. The van der Waals surface area contributed by atoms with Crippen molar-refractivity contribution in [3.8, 4) is 5.75 Å². The van der Waals surface area contributed by atoms with Gasteiger partial charge in [-0.25, -0.2) is 4.98 Å². The first-order valence-electron chi connectivity index (χ1n) is 8.41. The number of ether oxygens (including phenoxy) is 1. The summed E-state index contributed by atoms with van der Waals surface area (Å²) < 4.78 is 7.28. The van der Waals surface area contributed by atoms with Crippen LogP contribution in [-0.2, 0) is 6.54 Å². The Balaban J connectivity index is 1.36. The minimum Gasteiger partial charge on any atom is -0.497 e. The molecule has 1 amide bonds. The van der Waals surface area contributed by atoms with E-state index in [1.54, 1.807) is 19.5 Å². The van der Waals surface area contributed by atoms with Crippen LogP contribution < -0.4 is 10.1 Å². The van der Waals surface area contributed by atoms with Gasteiger partial charge in [0.1, 0.15) is 5.75 Å². The maximum Gasteiger partial charge on any atom is 0.253 e. The molecule has 128 valence electrons. The third-order valence-corrected chi connectivity index (χ3v) is 4.75. The predicted molar refractivity (Wildman–Crippen MR) is 94.5 cm³/mol. The summed E-state index contributed by atoms with van der Waals surface area (Å²) in [6.45, 7) is 0.964. The number of amides is 1. The number of nitrogens with zero attached hydrogens (tertiary/aromatic N) is 3. The Morgan fingerprint density at radius 2 is 2.24 bits per heavy atom.